The van der Waals surface area contributed by atoms with E-state index < -0.39 is 10.2 Å². The third-order valence-electron chi connectivity index (χ3n) is 4.19. The van der Waals surface area contributed by atoms with Gasteiger partial charge in [0.1, 0.15) is 11.4 Å². The second-order valence-corrected chi connectivity index (χ2v) is 8.48. The van der Waals surface area contributed by atoms with Crippen LogP contribution in [0.15, 0.2) is 18.5 Å². The van der Waals surface area contributed by atoms with Gasteiger partial charge in [0, 0.05) is 39.1 Å². The molecule has 3 heterocycles. The normalized spacial score (nSPS) is 19.2. The van der Waals surface area contributed by atoms with Crippen molar-refractivity contribution in [2.45, 2.75) is 19.8 Å². The van der Waals surface area contributed by atoms with Crippen LogP contribution in [0.1, 0.15) is 17.8 Å². The number of nitrogens with zero attached hydrogens (tertiary/aromatic N) is 5. The van der Waals surface area contributed by atoms with Gasteiger partial charge in [0.05, 0.1) is 11.9 Å². The van der Waals surface area contributed by atoms with Crippen molar-refractivity contribution in [1.29, 1.82) is 0 Å². The smallest absolute Gasteiger partial charge is 0.281 e. The summed E-state index contributed by atoms with van der Waals surface area (Å²) in [4.78, 5) is 8.87. The van der Waals surface area contributed by atoms with E-state index in [2.05, 4.69) is 20.2 Å². The van der Waals surface area contributed by atoms with Crippen molar-refractivity contribution in [3.63, 3.8) is 0 Å². The quantitative estimate of drug-likeness (QED) is 0.862. The van der Waals surface area contributed by atoms with Gasteiger partial charge in [-0.1, -0.05) is 0 Å². The lowest BCUT2D eigenvalue weighted by atomic mass is 10.0. The van der Waals surface area contributed by atoms with Crippen LogP contribution in [0.3, 0.4) is 0 Å². The number of nitrogens with one attached hydrogen (secondary N) is 1. The lowest BCUT2D eigenvalue weighted by molar-refractivity contribution is 0.409. The molecule has 0 aromatic carbocycles. The van der Waals surface area contributed by atoms with Crippen molar-refractivity contribution in [2.75, 3.05) is 27.2 Å². The van der Waals surface area contributed by atoms with Gasteiger partial charge in [-0.15, -0.1) is 0 Å². The van der Waals surface area contributed by atoms with Crippen LogP contribution in [0.5, 0.6) is 0 Å². The second kappa shape index (κ2) is 6.58. The van der Waals surface area contributed by atoms with Crippen molar-refractivity contribution in [3.05, 3.63) is 29.8 Å². The first-order valence-corrected chi connectivity index (χ1v) is 9.27. The van der Waals surface area contributed by atoms with Crippen LogP contribution in [-0.4, -0.2) is 64.4 Å². The molecule has 24 heavy (non-hydrogen) atoms. The van der Waals surface area contributed by atoms with Crippen molar-refractivity contribution in [2.24, 2.45) is 5.92 Å². The van der Waals surface area contributed by atoms with Gasteiger partial charge >= 0.3 is 0 Å². The van der Waals surface area contributed by atoms with Crippen molar-refractivity contribution in [1.82, 2.24) is 28.8 Å². The summed E-state index contributed by atoms with van der Waals surface area (Å²) in [7, 11) is -0.216. The first kappa shape index (κ1) is 17.0. The molecule has 3 rings (SSSR count). The van der Waals surface area contributed by atoms with Crippen LogP contribution in [0.4, 0.5) is 0 Å². The Bertz CT molecular complexity index is 817. The van der Waals surface area contributed by atoms with Gasteiger partial charge in [0.2, 0.25) is 0 Å². The molecule has 1 saturated heterocycles. The predicted octanol–water partition coefficient (Wildman–Crippen LogP) is 0.846. The molecule has 130 valence electrons. The Kier molecular flexibility index (Phi) is 4.66. The van der Waals surface area contributed by atoms with Gasteiger partial charge in [0.25, 0.3) is 10.2 Å². The van der Waals surface area contributed by atoms with E-state index in [4.69, 9.17) is 0 Å². The Morgan fingerprint density at radius 2 is 2.12 bits per heavy atom. The highest BCUT2D eigenvalue weighted by Gasteiger charge is 2.32. The molecule has 0 amide bonds. The summed E-state index contributed by atoms with van der Waals surface area (Å²) in [6.45, 7) is 3.01. The van der Waals surface area contributed by atoms with Crippen LogP contribution in [0.2, 0.25) is 0 Å². The first-order valence-electron chi connectivity index (χ1n) is 7.87. The van der Waals surface area contributed by atoms with E-state index in [1.54, 1.807) is 26.5 Å². The molecule has 2 aromatic heterocycles. The number of hydrogen-bond acceptors (Lipinski definition) is 5. The second-order valence-electron chi connectivity index (χ2n) is 6.34. The molecule has 9 heteroatoms. The number of hydrogen-bond donors (Lipinski definition) is 1. The van der Waals surface area contributed by atoms with Gasteiger partial charge in [-0.05, 0) is 31.7 Å². The largest absolute Gasteiger partial charge is 0.282 e. The zero-order valence-corrected chi connectivity index (χ0v) is 14.9. The summed E-state index contributed by atoms with van der Waals surface area (Å²) in [5, 5.41) is 7.10. The minimum atomic E-state index is -3.33. The summed E-state index contributed by atoms with van der Waals surface area (Å²) >= 11 is 0. The summed E-state index contributed by atoms with van der Waals surface area (Å²) in [6.07, 6.45) is 4.98. The number of aromatic nitrogens is 4. The number of rotatable bonds is 5. The topological polar surface area (TPSA) is 95.1 Å². The molecule has 8 nitrogen and oxygen atoms in total. The molecular formula is C15H22N6O2S. The fourth-order valence-corrected chi connectivity index (χ4v) is 4.07. The van der Waals surface area contributed by atoms with Gasteiger partial charge in [0.15, 0.2) is 0 Å². The van der Waals surface area contributed by atoms with Gasteiger partial charge in [-0.3, -0.25) is 10.1 Å². The van der Waals surface area contributed by atoms with Crippen molar-refractivity contribution in [3.8, 4) is 11.4 Å². The van der Waals surface area contributed by atoms with Gasteiger partial charge in [-0.2, -0.15) is 22.1 Å². The summed E-state index contributed by atoms with van der Waals surface area (Å²) in [6, 6.07) is 1.93. The molecule has 1 aliphatic rings. The Balaban J connectivity index is 1.69. The maximum atomic E-state index is 12.2. The molecule has 1 aliphatic heterocycles. The molecule has 0 spiro atoms. The molecule has 0 aliphatic carbocycles. The Hall–Kier alpha value is -1.84. The minimum Gasteiger partial charge on any atom is -0.282 e. The van der Waals surface area contributed by atoms with E-state index in [9.17, 15) is 8.42 Å². The molecule has 1 fully saturated rings. The van der Waals surface area contributed by atoms with Crippen LogP contribution in [0.25, 0.3) is 11.4 Å². The maximum absolute atomic E-state index is 12.2. The van der Waals surface area contributed by atoms with E-state index in [1.807, 2.05) is 13.0 Å². The highest BCUT2D eigenvalue weighted by molar-refractivity contribution is 7.86. The molecule has 2 aromatic rings. The zero-order chi connectivity index (χ0) is 17.3. The Morgan fingerprint density at radius 1 is 1.33 bits per heavy atom. The molecular weight excluding hydrogens is 328 g/mol. The van der Waals surface area contributed by atoms with Crippen LogP contribution < -0.4 is 0 Å². The summed E-state index contributed by atoms with van der Waals surface area (Å²) in [5.74, 6) is 0.255. The van der Waals surface area contributed by atoms with Gasteiger partial charge in [-0.25, -0.2) is 4.98 Å². The van der Waals surface area contributed by atoms with Crippen LogP contribution >= 0.6 is 0 Å². The molecule has 1 atom stereocenters. The SMILES string of the molecule is Cc1cc(-c2cncc(C[C@H]3CCN(S(=O)(=O)N(C)C)C3)n2)n[nH]1. The van der Waals surface area contributed by atoms with Crippen LogP contribution in [-0.2, 0) is 16.6 Å². The summed E-state index contributed by atoms with van der Waals surface area (Å²) in [5.41, 5.74) is 3.33. The number of aryl methyl sites for hydroxylation is 1. The Morgan fingerprint density at radius 3 is 2.79 bits per heavy atom. The lowest BCUT2D eigenvalue weighted by Gasteiger charge is -2.20. The highest BCUT2D eigenvalue weighted by atomic mass is 32.2. The van der Waals surface area contributed by atoms with E-state index in [-0.39, 0.29) is 5.92 Å². The fourth-order valence-electron chi connectivity index (χ4n) is 2.88. The summed E-state index contributed by atoms with van der Waals surface area (Å²) < 4.78 is 27.2. The molecule has 0 unspecified atom stereocenters. The van der Waals surface area contributed by atoms with E-state index in [1.165, 1.54) is 8.61 Å². The minimum absolute atomic E-state index is 0.255. The monoisotopic (exact) mass is 350 g/mol. The van der Waals surface area contributed by atoms with Crippen molar-refractivity contribution >= 4 is 10.2 Å². The average molecular weight is 350 g/mol. The van der Waals surface area contributed by atoms with Gasteiger partial charge < -0.3 is 0 Å². The molecule has 0 bridgehead atoms. The third kappa shape index (κ3) is 3.47. The third-order valence-corrected chi connectivity index (χ3v) is 6.09. The molecule has 0 saturated carbocycles. The van der Waals surface area contributed by atoms with E-state index in [0.717, 1.165) is 29.2 Å². The van der Waals surface area contributed by atoms with E-state index in [0.29, 0.717) is 19.5 Å². The maximum Gasteiger partial charge on any atom is 0.281 e. The number of H-pyrrole nitrogens is 1. The molecule has 1 N–H and O–H groups in total. The zero-order valence-electron chi connectivity index (χ0n) is 14.1. The first-order chi connectivity index (χ1) is 11.4. The van der Waals surface area contributed by atoms with E-state index >= 15 is 0 Å². The Labute approximate surface area is 142 Å². The molecule has 0 radical (unpaired) electrons. The lowest BCUT2D eigenvalue weighted by Crippen LogP contribution is -2.38. The highest BCUT2D eigenvalue weighted by Crippen LogP contribution is 2.24. The van der Waals surface area contributed by atoms with Crippen LogP contribution in [0, 0.1) is 12.8 Å². The van der Waals surface area contributed by atoms with Crippen molar-refractivity contribution < 1.29 is 8.42 Å². The standard InChI is InChI=1S/C15H22N6O2S/c1-11-6-14(19-18-11)15-9-16-8-13(17-15)7-12-4-5-21(10-12)24(22,23)20(2)3/h6,8-9,12H,4-5,7,10H2,1-3H3,(H,18,19)/t12-/m1/s1. The predicted molar refractivity (Wildman–Crippen MR) is 90.3 cm³/mol. The fraction of sp³-hybridized carbons (Fsp3) is 0.533. The number of aromatic amines is 1. The average Bonchev–Trinajstić information content (AvgIpc) is 3.17.